The third-order valence-corrected chi connectivity index (χ3v) is 2.58. The van der Waals surface area contributed by atoms with Gasteiger partial charge in [-0.05, 0) is 13.0 Å². The number of rotatable bonds is 4. The Morgan fingerprint density at radius 1 is 1.39 bits per heavy atom. The molecule has 0 N–H and O–H groups in total. The van der Waals surface area contributed by atoms with E-state index in [9.17, 15) is 14.9 Å². The minimum atomic E-state index is -0.515. The molecule has 0 heterocycles. The summed E-state index contributed by atoms with van der Waals surface area (Å²) in [6.07, 6.45) is 0. The van der Waals surface area contributed by atoms with Crippen molar-refractivity contribution < 1.29 is 14.5 Å². The van der Waals surface area contributed by atoms with Gasteiger partial charge < -0.3 is 4.74 Å². The van der Waals surface area contributed by atoms with Crippen LogP contribution in [0.25, 0.3) is 0 Å². The second-order valence-corrected chi connectivity index (χ2v) is 5.14. The molecule has 0 amide bonds. The van der Waals surface area contributed by atoms with E-state index >= 15 is 0 Å². The normalized spacial score (nSPS) is 11.1. The summed E-state index contributed by atoms with van der Waals surface area (Å²) in [5.74, 6) is 0.0379. The average Bonchev–Trinajstić information content (AvgIpc) is 2.23. The van der Waals surface area contributed by atoms with Crippen molar-refractivity contribution in [1.29, 1.82) is 0 Å². The summed E-state index contributed by atoms with van der Waals surface area (Å²) in [5, 5.41) is 10.9. The summed E-state index contributed by atoms with van der Waals surface area (Å²) < 4.78 is 5.28. The van der Waals surface area contributed by atoms with E-state index in [4.69, 9.17) is 4.74 Å². The van der Waals surface area contributed by atoms with Crippen molar-refractivity contribution in [3.05, 3.63) is 33.9 Å². The standard InChI is InChI=1S/C13H17NO4/c1-9-6-5-7-10(12(9)14(16)17)18-8-11(15)13(2,3)4/h5-7H,8H2,1-4H3. The number of hydrogen-bond donors (Lipinski definition) is 0. The molecule has 1 aromatic carbocycles. The molecule has 0 spiro atoms. The minimum Gasteiger partial charge on any atom is -0.479 e. The monoisotopic (exact) mass is 251 g/mol. The SMILES string of the molecule is Cc1cccc(OCC(=O)C(C)(C)C)c1[N+](=O)[O-]. The van der Waals surface area contributed by atoms with Gasteiger partial charge >= 0.3 is 5.69 Å². The lowest BCUT2D eigenvalue weighted by Crippen LogP contribution is -2.26. The highest BCUT2D eigenvalue weighted by atomic mass is 16.6. The number of ketones is 1. The number of carbonyl (C=O) groups is 1. The molecule has 0 saturated carbocycles. The number of carbonyl (C=O) groups excluding carboxylic acids is 1. The van der Waals surface area contributed by atoms with Gasteiger partial charge in [0.25, 0.3) is 0 Å². The van der Waals surface area contributed by atoms with Crippen LogP contribution in [0.4, 0.5) is 5.69 Å². The molecule has 5 nitrogen and oxygen atoms in total. The van der Waals surface area contributed by atoms with Crippen LogP contribution in [0.3, 0.4) is 0 Å². The van der Waals surface area contributed by atoms with Crippen molar-refractivity contribution in [2.24, 2.45) is 5.41 Å². The maximum atomic E-state index is 11.7. The minimum absolute atomic E-state index is 0.0841. The molecule has 18 heavy (non-hydrogen) atoms. The molecule has 0 radical (unpaired) electrons. The zero-order valence-corrected chi connectivity index (χ0v) is 11.0. The van der Waals surface area contributed by atoms with Gasteiger partial charge in [0.2, 0.25) is 0 Å². The molecule has 1 aromatic rings. The fourth-order valence-corrected chi connectivity index (χ4v) is 1.34. The number of para-hydroxylation sites is 1. The molecule has 0 aliphatic heterocycles. The van der Waals surface area contributed by atoms with E-state index in [1.807, 2.05) is 0 Å². The summed E-state index contributed by atoms with van der Waals surface area (Å²) in [4.78, 5) is 22.1. The highest BCUT2D eigenvalue weighted by Gasteiger charge is 2.24. The number of nitrogens with zero attached hydrogens (tertiary/aromatic N) is 1. The Morgan fingerprint density at radius 2 is 2.00 bits per heavy atom. The second kappa shape index (κ2) is 5.16. The maximum absolute atomic E-state index is 11.7. The van der Waals surface area contributed by atoms with Gasteiger partial charge in [0.15, 0.2) is 11.5 Å². The Kier molecular flexibility index (Phi) is 4.06. The predicted octanol–water partition coefficient (Wildman–Crippen LogP) is 2.90. The lowest BCUT2D eigenvalue weighted by atomic mass is 9.91. The summed E-state index contributed by atoms with van der Waals surface area (Å²) in [6, 6.07) is 4.80. The van der Waals surface area contributed by atoms with Crippen molar-refractivity contribution in [2.45, 2.75) is 27.7 Å². The van der Waals surface area contributed by atoms with Crippen LogP contribution in [-0.4, -0.2) is 17.3 Å². The number of benzene rings is 1. The molecular weight excluding hydrogens is 234 g/mol. The number of nitro groups is 1. The Balaban J connectivity index is 2.90. The first kappa shape index (κ1) is 14.2. The first-order valence-electron chi connectivity index (χ1n) is 5.63. The third kappa shape index (κ3) is 3.29. The fourth-order valence-electron chi connectivity index (χ4n) is 1.34. The van der Waals surface area contributed by atoms with Crippen molar-refractivity contribution in [2.75, 3.05) is 6.61 Å². The molecule has 0 bridgehead atoms. The number of aryl methyl sites for hydroxylation is 1. The van der Waals surface area contributed by atoms with Crippen LogP contribution in [0.2, 0.25) is 0 Å². The molecule has 0 unspecified atom stereocenters. The highest BCUT2D eigenvalue weighted by Crippen LogP contribution is 2.30. The summed E-state index contributed by atoms with van der Waals surface area (Å²) in [5.41, 5.74) is -0.0848. The molecule has 0 atom stereocenters. The molecule has 1 rings (SSSR count). The Hall–Kier alpha value is -1.91. The average molecular weight is 251 g/mol. The van der Waals surface area contributed by atoms with Crippen molar-refractivity contribution in [3.63, 3.8) is 0 Å². The Bertz CT molecular complexity index is 474. The van der Waals surface area contributed by atoms with Gasteiger partial charge in [-0.3, -0.25) is 14.9 Å². The van der Waals surface area contributed by atoms with Gasteiger partial charge in [-0.25, -0.2) is 0 Å². The summed E-state index contributed by atoms with van der Waals surface area (Å²) in [6.45, 7) is 6.82. The second-order valence-electron chi connectivity index (χ2n) is 5.14. The highest BCUT2D eigenvalue weighted by molar-refractivity contribution is 5.85. The van der Waals surface area contributed by atoms with Crippen molar-refractivity contribution >= 4 is 11.5 Å². The van der Waals surface area contributed by atoms with Gasteiger partial charge in [0, 0.05) is 11.0 Å². The Labute approximate surface area is 106 Å². The third-order valence-electron chi connectivity index (χ3n) is 2.58. The smallest absolute Gasteiger partial charge is 0.313 e. The number of ether oxygens (including phenoxy) is 1. The molecule has 0 fully saturated rings. The van der Waals surface area contributed by atoms with E-state index in [1.165, 1.54) is 6.07 Å². The van der Waals surface area contributed by atoms with Gasteiger partial charge in [-0.1, -0.05) is 32.9 Å². The largest absolute Gasteiger partial charge is 0.479 e. The number of nitro benzene ring substituents is 1. The molecular formula is C13H17NO4. The topological polar surface area (TPSA) is 69.4 Å². The van der Waals surface area contributed by atoms with Crippen LogP contribution in [0.5, 0.6) is 5.75 Å². The van der Waals surface area contributed by atoms with E-state index in [2.05, 4.69) is 0 Å². The van der Waals surface area contributed by atoms with Crippen LogP contribution < -0.4 is 4.74 Å². The molecule has 0 saturated heterocycles. The first-order valence-corrected chi connectivity index (χ1v) is 5.63. The van der Waals surface area contributed by atoms with Crippen LogP contribution in [0.1, 0.15) is 26.3 Å². The predicted molar refractivity (Wildman–Crippen MR) is 67.8 cm³/mol. The van der Waals surface area contributed by atoms with Crippen LogP contribution in [0.15, 0.2) is 18.2 Å². The van der Waals surface area contributed by atoms with Crippen LogP contribution in [-0.2, 0) is 4.79 Å². The maximum Gasteiger partial charge on any atom is 0.313 e. The first-order chi connectivity index (χ1) is 8.23. The lowest BCUT2D eigenvalue weighted by molar-refractivity contribution is -0.386. The van der Waals surface area contributed by atoms with E-state index in [1.54, 1.807) is 39.8 Å². The molecule has 0 aromatic heterocycles. The number of Topliss-reactive ketones (excluding diaryl/α,β-unsaturated/α-hetero) is 1. The Morgan fingerprint density at radius 3 is 2.50 bits per heavy atom. The summed E-state index contributed by atoms with van der Waals surface area (Å²) >= 11 is 0. The van der Waals surface area contributed by atoms with Gasteiger partial charge in [-0.15, -0.1) is 0 Å². The van der Waals surface area contributed by atoms with E-state index in [-0.39, 0.29) is 23.8 Å². The van der Waals surface area contributed by atoms with Crippen LogP contribution in [0, 0.1) is 22.5 Å². The van der Waals surface area contributed by atoms with Gasteiger partial charge in [0.1, 0.15) is 6.61 Å². The lowest BCUT2D eigenvalue weighted by Gasteiger charge is -2.16. The molecule has 98 valence electrons. The van der Waals surface area contributed by atoms with E-state index < -0.39 is 10.3 Å². The van der Waals surface area contributed by atoms with Crippen LogP contribution >= 0.6 is 0 Å². The summed E-state index contributed by atoms with van der Waals surface area (Å²) in [7, 11) is 0. The van der Waals surface area contributed by atoms with E-state index in [0.717, 1.165) is 0 Å². The molecule has 0 aliphatic rings. The van der Waals surface area contributed by atoms with E-state index in [0.29, 0.717) is 5.56 Å². The molecule has 0 aliphatic carbocycles. The van der Waals surface area contributed by atoms with Gasteiger partial charge in [-0.2, -0.15) is 0 Å². The number of hydrogen-bond acceptors (Lipinski definition) is 4. The van der Waals surface area contributed by atoms with Crippen molar-refractivity contribution in [1.82, 2.24) is 0 Å². The quantitative estimate of drug-likeness (QED) is 0.609. The van der Waals surface area contributed by atoms with Gasteiger partial charge in [0.05, 0.1) is 4.92 Å². The fraction of sp³-hybridized carbons (Fsp3) is 0.462. The zero-order chi connectivity index (χ0) is 13.9. The molecule has 5 heteroatoms. The van der Waals surface area contributed by atoms with Crippen molar-refractivity contribution in [3.8, 4) is 5.75 Å². The zero-order valence-electron chi connectivity index (χ0n) is 11.0.